The number of hydrogen-bond acceptors (Lipinski definition) is 3. The van der Waals surface area contributed by atoms with Gasteiger partial charge in [-0.05, 0) is 10.8 Å². The summed E-state index contributed by atoms with van der Waals surface area (Å²) in [6.45, 7) is 0. The van der Waals surface area contributed by atoms with Crippen molar-refractivity contribution in [3.05, 3.63) is 35.4 Å². The van der Waals surface area contributed by atoms with Crippen LogP contribution in [0.4, 0.5) is 0 Å². The summed E-state index contributed by atoms with van der Waals surface area (Å²) in [6.07, 6.45) is 8.46. The molecule has 2 rings (SSSR count). The van der Waals surface area contributed by atoms with Crippen molar-refractivity contribution in [2.75, 3.05) is 5.88 Å². The fourth-order valence-electron chi connectivity index (χ4n) is 1.33. The van der Waals surface area contributed by atoms with E-state index < -0.39 is 0 Å². The second kappa shape index (κ2) is 3.98. The first kappa shape index (κ1) is 8.84. The highest BCUT2D eigenvalue weighted by Gasteiger charge is 2.16. The van der Waals surface area contributed by atoms with Gasteiger partial charge in [-0.1, -0.05) is 24.4 Å². The number of nitrogens with zero attached hydrogens (tertiary/aromatic N) is 1. The molecule has 0 aliphatic carbocycles. The molecule has 70 valence electrons. The molecule has 0 bridgehead atoms. The van der Waals surface area contributed by atoms with Crippen LogP contribution in [0.5, 0.6) is 0 Å². The summed E-state index contributed by atoms with van der Waals surface area (Å²) >= 11 is 4.93. The molecule has 4 heteroatoms. The minimum absolute atomic E-state index is 0.0812. The summed E-state index contributed by atoms with van der Waals surface area (Å²) in [5.41, 5.74) is 0. The number of nitrogens with one attached hydrogen (secondary N) is 1. The van der Waals surface area contributed by atoms with Gasteiger partial charge in [0.25, 0.3) is 0 Å². The number of allylic oxidation sites excluding steroid dienone is 2. The van der Waals surface area contributed by atoms with Gasteiger partial charge >= 0.3 is 0 Å². The van der Waals surface area contributed by atoms with Crippen LogP contribution in [-0.4, -0.2) is 22.3 Å². The van der Waals surface area contributed by atoms with Crippen LogP contribution in [0.3, 0.4) is 0 Å². The second-order valence-electron chi connectivity index (χ2n) is 2.92. The van der Waals surface area contributed by atoms with Gasteiger partial charge in [0.15, 0.2) is 0 Å². The first-order valence-corrected chi connectivity index (χ1v) is 6.28. The molecule has 2 aliphatic heterocycles. The third-order valence-corrected chi connectivity index (χ3v) is 4.03. The quantitative estimate of drug-likeness (QED) is 0.547. The highest BCUT2D eigenvalue weighted by Crippen LogP contribution is 2.34. The van der Waals surface area contributed by atoms with Gasteiger partial charge in [-0.25, -0.2) is 0 Å². The molecule has 0 aromatic rings. The highest BCUT2D eigenvalue weighted by atomic mass is 32.2. The van der Waals surface area contributed by atoms with Crippen molar-refractivity contribution in [2.24, 2.45) is 0 Å². The lowest BCUT2D eigenvalue weighted by molar-refractivity contribution is 0.405. The summed E-state index contributed by atoms with van der Waals surface area (Å²) in [5.74, 6) is 1.06. The van der Waals surface area contributed by atoms with E-state index in [1.807, 2.05) is 6.20 Å². The fourth-order valence-corrected chi connectivity index (χ4v) is 3.14. The Labute approximate surface area is 86.3 Å². The molecule has 0 saturated heterocycles. The SMILES string of the molecule is S=CC1NC=CN1C[SH]1C=CC=C1. The van der Waals surface area contributed by atoms with Crippen LogP contribution in [-0.2, 0) is 0 Å². The minimum Gasteiger partial charge on any atom is -0.366 e. The van der Waals surface area contributed by atoms with E-state index in [4.69, 9.17) is 12.2 Å². The van der Waals surface area contributed by atoms with E-state index in [0.29, 0.717) is 0 Å². The van der Waals surface area contributed by atoms with E-state index in [0.717, 1.165) is 5.88 Å². The summed E-state index contributed by atoms with van der Waals surface area (Å²) in [7, 11) is -0.0812. The lowest BCUT2D eigenvalue weighted by Gasteiger charge is -2.25. The number of thiocarbonyl (C=S) groups is 1. The average Bonchev–Trinajstić information content (AvgIpc) is 2.76. The molecular formula is C9H12N2S2. The number of hydrogen-bond donors (Lipinski definition) is 2. The molecule has 0 aromatic carbocycles. The average molecular weight is 212 g/mol. The van der Waals surface area contributed by atoms with Gasteiger partial charge in [-0.2, -0.15) is 10.9 Å². The Morgan fingerprint density at radius 1 is 1.46 bits per heavy atom. The molecule has 1 unspecified atom stereocenters. The van der Waals surface area contributed by atoms with Crippen LogP contribution in [0.25, 0.3) is 0 Å². The Hall–Kier alpha value is -0.740. The Bertz CT molecular complexity index is 271. The number of rotatable bonds is 3. The molecule has 0 spiro atoms. The van der Waals surface area contributed by atoms with Crippen molar-refractivity contribution in [3.8, 4) is 0 Å². The van der Waals surface area contributed by atoms with Gasteiger partial charge in [0.2, 0.25) is 0 Å². The van der Waals surface area contributed by atoms with Crippen LogP contribution < -0.4 is 5.32 Å². The van der Waals surface area contributed by atoms with Crippen molar-refractivity contribution < 1.29 is 0 Å². The third-order valence-electron chi connectivity index (χ3n) is 2.01. The van der Waals surface area contributed by atoms with Gasteiger partial charge in [0, 0.05) is 17.8 Å². The van der Waals surface area contributed by atoms with E-state index in [2.05, 4.69) is 39.4 Å². The molecule has 1 atom stereocenters. The van der Waals surface area contributed by atoms with Gasteiger partial charge < -0.3 is 10.2 Å². The Morgan fingerprint density at radius 2 is 2.23 bits per heavy atom. The van der Waals surface area contributed by atoms with Crippen molar-refractivity contribution in [2.45, 2.75) is 6.17 Å². The first-order chi connectivity index (χ1) is 6.40. The second-order valence-corrected chi connectivity index (χ2v) is 5.10. The normalized spacial score (nSPS) is 26.9. The van der Waals surface area contributed by atoms with Gasteiger partial charge in [-0.15, -0.1) is 0 Å². The molecule has 0 radical (unpaired) electrons. The van der Waals surface area contributed by atoms with Crippen molar-refractivity contribution in [1.29, 1.82) is 0 Å². The third kappa shape index (κ3) is 1.95. The Morgan fingerprint density at radius 3 is 2.92 bits per heavy atom. The fraction of sp³-hybridized carbons (Fsp3) is 0.222. The zero-order valence-electron chi connectivity index (χ0n) is 7.13. The predicted octanol–water partition coefficient (Wildman–Crippen LogP) is 1.69. The van der Waals surface area contributed by atoms with E-state index in [-0.39, 0.29) is 17.1 Å². The summed E-state index contributed by atoms with van der Waals surface area (Å²) in [4.78, 5) is 2.23. The van der Waals surface area contributed by atoms with Gasteiger partial charge in [0.05, 0.1) is 5.88 Å². The highest BCUT2D eigenvalue weighted by molar-refractivity contribution is 8.22. The maximum absolute atomic E-state index is 4.93. The molecule has 0 fully saturated rings. The maximum atomic E-state index is 4.93. The molecule has 0 aromatic heterocycles. The van der Waals surface area contributed by atoms with Gasteiger partial charge in [0.1, 0.15) is 6.17 Å². The maximum Gasteiger partial charge on any atom is 0.129 e. The molecule has 1 N–H and O–H groups in total. The van der Waals surface area contributed by atoms with E-state index in [9.17, 15) is 0 Å². The van der Waals surface area contributed by atoms with Crippen LogP contribution in [0.2, 0.25) is 0 Å². The first-order valence-electron chi connectivity index (χ1n) is 4.14. The summed E-state index contributed by atoms with van der Waals surface area (Å²) < 4.78 is 0. The van der Waals surface area contributed by atoms with Crippen LogP contribution in [0.15, 0.2) is 35.4 Å². The molecule has 13 heavy (non-hydrogen) atoms. The Kier molecular flexibility index (Phi) is 2.71. The molecular weight excluding hydrogens is 200 g/mol. The van der Waals surface area contributed by atoms with Crippen LogP contribution in [0, 0.1) is 0 Å². The predicted molar refractivity (Wildman–Crippen MR) is 63.7 cm³/mol. The van der Waals surface area contributed by atoms with Crippen molar-refractivity contribution >= 4 is 28.5 Å². The molecule has 0 saturated carbocycles. The zero-order valence-corrected chi connectivity index (χ0v) is 8.84. The van der Waals surface area contributed by atoms with Crippen LogP contribution >= 0.6 is 23.1 Å². The topological polar surface area (TPSA) is 15.3 Å². The zero-order chi connectivity index (χ0) is 9.10. The summed E-state index contributed by atoms with van der Waals surface area (Å²) in [5, 5.41) is 9.47. The smallest absolute Gasteiger partial charge is 0.129 e. The van der Waals surface area contributed by atoms with Gasteiger partial charge in [-0.3, -0.25) is 0 Å². The minimum atomic E-state index is -0.0812. The van der Waals surface area contributed by atoms with Crippen molar-refractivity contribution in [1.82, 2.24) is 10.2 Å². The van der Waals surface area contributed by atoms with E-state index >= 15 is 0 Å². The molecule has 2 aliphatic rings. The monoisotopic (exact) mass is 212 g/mol. The largest absolute Gasteiger partial charge is 0.366 e. The molecule has 0 amide bonds. The molecule has 2 nitrogen and oxygen atoms in total. The lowest BCUT2D eigenvalue weighted by atomic mass is 10.5. The van der Waals surface area contributed by atoms with Crippen LogP contribution in [0.1, 0.15) is 0 Å². The van der Waals surface area contributed by atoms with Crippen molar-refractivity contribution in [3.63, 3.8) is 0 Å². The molecule has 2 heterocycles. The lowest BCUT2D eigenvalue weighted by Crippen LogP contribution is -2.36. The Balaban J connectivity index is 1.93. The number of thiol groups is 1. The summed E-state index contributed by atoms with van der Waals surface area (Å²) in [6, 6.07) is 0. The van der Waals surface area contributed by atoms with E-state index in [1.165, 1.54) is 0 Å². The van der Waals surface area contributed by atoms with E-state index in [1.54, 1.807) is 5.37 Å². The standard InChI is InChI=1S/C9H12N2S2/c12-7-9-10-3-4-11(9)8-13-5-1-2-6-13/h1-7,9-10,13H,8H2.